The number of carbonyl (C=O) groups is 1. The van der Waals surface area contributed by atoms with E-state index in [0.29, 0.717) is 11.8 Å². The van der Waals surface area contributed by atoms with E-state index < -0.39 is 0 Å². The van der Waals surface area contributed by atoms with E-state index in [4.69, 9.17) is 9.47 Å². The molecule has 4 nitrogen and oxygen atoms in total. The van der Waals surface area contributed by atoms with Gasteiger partial charge in [-0.15, -0.1) is 0 Å². The maximum Gasteiger partial charge on any atom is 0.224 e. The van der Waals surface area contributed by atoms with E-state index >= 15 is 0 Å². The van der Waals surface area contributed by atoms with Crippen molar-refractivity contribution in [3.8, 4) is 11.5 Å². The normalized spacial score (nSPS) is 19.7. The Labute approximate surface area is 237 Å². The van der Waals surface area contributed by atoms with E-state index in [1.807, 2.05) is 23.1 Å². The average molecular weight is 532 g/mol. The number of rotatable bonds is 6. The standard InChI is InChI=1S/C36H37NO3/c1-24(38)37(28-17-14-25-8-7-13-31(35(25)23-28)27-9-6-10-30(22-27)40-3)36-21-20-32(33-11-4-5-12-34(33)36)26-15-18-29(39-2)19-16-26/h4-6,9-12,14-19,22-23,31-32,36H,7-8,13,20-21H2,1-3H3. The van der Waals surface area contributed by atoms with Crippen molar-refractivity contribution < 1.29 is 14.3 Å². The van der Waals surface area contributed by atoms with Gasteiger partial charge in [-0.05, 0) is 102 Å². The molecule has 4 aromatic carbocycles. The molecule has 2 aliphatic carbocycles. The molecule has 0 radical (unpaired) electrons. The Kier molecular flexibility index (Phi) is 7.34. The second kappa shape index (κ2) is 11.2. The zero-order valence-electron chi connectivity index (χ0n) is 23.6. The van der Waals surface area contributed by atoms with Crippen LogP contribution >= 0.6 is 0 Å². The Bertz CT molecular complexity index is 1510. The van der Waals surface area contributed by atoms with Gasteiger partial charge in [-0.2, -0.15) is 0 Å². The van der Waals surface area contributed by atoms with Crippen molar-refractivity contribution in [1.29, 1.82) is 0 Å². The van der Waals surface area contributed by atoms with Crippen LogP contribution in [0.25, 0.3) is 0 Å². The number of benzene rings is 4. The minimum Gasteiger partial charge on any atom is -0.497 e. The van der Waals surface area contributed by atoms with Gasteiger partial charge in [0, 0.05) is 24.4 Å². The molecule has 0 aliphatic heterocycles. The molecule has 0 aromatic heterocycles. The summed E-state index contributed by atoms with van der Waals surface area (Å²) in [4.78, 5) is 15.4. The topological polar surface area (TPSA) is 38.8 Å². The lowest BCUT2D eigenvalue weighted by Crippen LogP contribution is -2.36. The van der Waals surface area contributed by atoms with Crippen LogP contribution in [0.2, 0.25) is 0 Å². The van der Waals surface area contributed by atoms with Crippen molar-refractivity contribution in [3.63, 3.8) is 0 Å². The molecule has 4 aromatic rings. The molecule has 3 atom stereocenters. The van der Waals surface area contributed by atoms with Gasteiger partial charge in [0.2, 0.25) is 5.91 Å². The van der Waals surface area contributed by atoms with Crippen LogP contribution in [0.15, 0.2) is 91.0 Å². The minimum absolute atomic E-state index is 0.000100. The fourth-order valence-electron chi connectivity index (χ4n) is 6.94. The number of nitrogens with zero attached hydrogens (tertiary/aromatic N) is 1. The first-order valence-electron chi connectivity index (χ1n) is 14.4. The predicted octanol–water partition coefficient (Wildman–Crippen LogP) is 8.19. The molecular weight excluding hydrogens is 494 g/mol. The highest BCUT2D eigenvalue weighted by Gasteiger charge is 2.34. The van der Waals surface area contributed by atoms with Crippen molar-refractivity contribution in [2.75, 3.05) is 19.1 Å². The van der Waals surface area contributed by atoms with Crippen molar-refractivity contribution in [3.05, 3.63) is 124 Å². The first-order chi connectivity index (χ1) is 19.6. The van der Waals surface area contributed by atoms with Crippen LogP contribution in [0.4, 0.5) is 5.69 Å². The molecular formula is C36H37NO3. The zero-order valence-corrected chi connectivity index (χ0v) is 23.6. The SMILES string of the molecule is COc1ccc(C2CCC(N(C(C)=O)c3ccc4c(c3)C(c3cccc(OC)c3)CCC4)c3ccccc32)cc1. The van der Waals surface area contributed by atoms with Crippen LogP contribution in [0.5, 0.6) is 11.5 Å². The van der Waals surface area contributed by atoms with Crippen LogP contribution in [-0.2, 0) is 11.2 Å². The molecule has 6 rings (SSSR count). The average Bonchev–Trinajstić information content (AvgIpc) is 3.01. The number of hydrogen-bond acceptors (Lipinski definition) is 3. The molecule has 0 fully saturated rings. The van der Waals surface area contributed by atoms with Gasteiger partial charge in [0.25, 0.3) is 0 Å². The van der Waals surface area contributed by atoms with E-state index in [1.54, 1.807) is 21.1 Å². The minimum atomic E-state index is 0.000100. The fraction of sp³-hybridized carbons (Fsp3) is 0.306. The number of fused-ring (bicyclic) bond motifs is 2. The number of hydrogen-bond donors (Lipinski definition) is 0. The summed E-state index contributed by atoms with van der Waals surface area (Å²) in [7, 11) is 3.42. The zero-order chi connectivity index (χ0) is 27.6. The molecule has 2 aliphatic rings. The molecule has 1 amide bonds. The summed E-state index contributed by atoms with van der Waals surface area (Å²) in [6.45, 7) is 1.71. The van der Waals surface area contributed by atoms with Crippen LogP contribution in [0, 0.1) is 0 Å². The summed E-state index contributed by atoms with van der Waals surface area (Å²) < 4.78 is 10.9. The molecule has 0 spiro atoms. The van der Waals surface area contributed by atoms with Crippen LogP contribution in [-0.4, -0.2) is 20.1 Å². The Morgan fingerprint density at radius 1 is 0.700 bits per heavy atom. The van der Waals surface area contributed by atoms with Gasteiger partial charge in [0.15, 0.2) is 0 Å². The summed E-state index contributed by atoms with van der Waals surface area (Å²) in [5, 5.41) is 0. The van der Waals surface area contributed by atoms with Crippen LogP contribution in [0.3, 0.4) is 0 Å². The molecule has 0 N–H and O–H groups in total. The second-order valence-electron chi connectivity index (χ2n) is 11.0. The van der Waals surface area contributed by atoms with Gasteiger partial charge in [-0.1, -0.05) is 54.6 Å². The maximum atomic E-state index is 13.4. The third-order valence-electron chi connectivity index (χ3n) is 8.85. The largest absolute Gasteiger partial charge is 0.497 e. The third kappa shape index (κ3) is 4.88. The van der Waals surface area contributed by atoms with Crippen LogP contribution < -0.4 is 14.4 Å². The Morgan fingerprint density at radius 2 is 1.45 bits per heavy atom. The molecule has 0 heterocycles. The van der Waals surface area contributed by atoms with Gasteiger partial charge in [-0.3, -0.25) is 4.79 Å². The molecule has 0 saturated carbocycles. The maximum absolute atomic E-state index is 13.4. The first-order valence-corrected chi connectivity index (χ1v) is 14.4. The van der Waals surface area contributed by atoms with Crippen molar-refractivity contribution in [2.45, 2.75) is 56.9 Å². The first kappa shape index (κ1) is 26.2. The van der Waals surface area contributed by atoms with Gasteiger partial charge in [0.05, 0.1) is 20.3 Å². The van der Waals surface area contributed by atoms with E-state index in [9.17, 15) is 4.79 Å². The smallest absolute Gasteiger partial charge is 0.224 e. The van der Waals surface area contributed by atoms with E-state index in [-0.39, 0.29) is 11.9 Å². The number of anilines is 1. The van der Waals surface area contributed by atoms with Crippen molar-refractivity contribution >= 4 is 11.6 Å². The number of carbonyl (C=O) groups excluding carboxylic acids is 1. The highest BCUT2D eigenvalue weighted by atomic mass is 16.5. The monoisotopic (exact) mass is 531 g/mol. The Hall–Kier alpha value is -4.05. The summed E-state index contributed by atoms with van der Waals surface area (Å²) in [6.07, 6.45) is 5.22. The molecule has 40 heavy (non-hydrogen) atoms. The quantitative estimate of drug-likeness (QED) is 0.252. The predicted molar refractivity (Wildman–Crippen MR) is 161 cm³/mol. The lowest BCUT2D eigenvalue weighted by atomic mass is 9.76. The van der Waals surface area contributed by atoms with E-state index in [1.165, 1.54) is 33.4 Å². The molecule has 0 saturated heterocycles. The summed E-state index contributed by atoms with van der Waals surface area (Å²) >= 11 is 0. The molecule has 3 unspecified atom stereocenters. The highest BCUT2D eigenvalue weighted by Crippen LogP contribution is 2.46. The third-order valence-corrected chi connectivity index (χ3v) is 8.85. The number of amides is 1. The Balaban J connectivity index is 1.38. The van der Waals surface area contributed by atoms with E-state index in [2.05, 4.69) is 72.8 Å². The lowest BCUT2D eigenvalue weighted by Gasteiger charge is -2.39. The number of aryl methyl sites for hydroxylation is 1. The second-order valence-corrected chi connectivity index (χ2v) is 11.0. The number of ether oxygens (including phenoxy) is 2. The summed E-state index contributed by atoms with van der Waals surface area (Å²) in [5.41, 5.74) is 8.82. The summed E-state index contributed by atoms with van der Waals surface area (Å²) in [6, 6.07) is 32.2. The Morgan fingerprint density at radius 3 is 2.20 bits per heavy atom. The highest BCUT2D eigenvalue weighted by molar-refractivity contribution is 5.92. The summed E-state index contributed by atoms with van der Waals surface area (Å²) in [5.74, 6) is 2.43. The van der Waals surface area contributed by atoms with Gasteiger partial charge in [-0.25, -0.2) is 0 Å². The molecule has 204 valence electrons. The fourth-order valence-corrected chi connectivity index (χ4v) is 6.94. The van der Waals surface area contributed by atoms with E-state index in [0.717, 1.165) is 49.3 Å². The van der Waals surface area contributed by atoms with Gasteiger partial charge in [0.1, 0.15) is 11.5 Å². The molecule has 4 heteroatoms. The van der Waals surface area contributed by atoms with Crippen molar-refractivity contribution in [1.82, 2.24) is 0 Å². The van der Waals surface area contributed by atoms with Crippen LogP contribution in [0.1, 0.15) is 83.9 Å². The van der Waals surface area contributed by atoms with Crippen molar-refractivity contribution in [2.24, 2.45) is 0 Å². The van der Waals surface area contributed by atoms with Gasteiger partial charge < -0.3 is 14.4 Å². The lowest BCUT2D eigenvalue weighted by molar-refractivity contribution is -0.117. The molecule has 0 bridgehead atoms. The van der Waals surface area contributed by atoms with Gasteiger partial charge >= 0.3 is 0 Å². The number of methoxy groups -OCH3 is 2.